The van der Waals surface area contributed by atoms with Crippen LogP contribution in [0.5, 0.6) is 0 Å². The highest BCUT2D eigenvalue weighted by Crippen LogP contribution is 2.52. The lowest BCUT2D eigenvalue weighted by molar-refractivity contribution is -0.163. The Hall–Kier alpha value is -1.51. The van der Waals surface area contributed by atoms with Crippen LogP contribution in [-0.2, 0) is 9.59 Å². The largest absolute Gasteiger partial charge is 0.477 e. The SMILES string of the molecule is C[C@@H](O)[C@H]1C(=O)N2C(C(=O)O)=C(SC3CCN(CC4CCC=C(N)C4)CC3)[C@H](C)[C@H]12. The summed E-state index contributed by atoms with van der Waals surface area (Å²) >= 11 is 1.65. The minimum atomic E-state index is -1.04. The second kappa shape index (κ2) is 8.55. The molecule has 7 nitrogen and oxygen atoms in total. The van der Waals surface area contributed by atoms with E-state index in [4.69, 9.17) is 5.73 Å². The number of likely N-dealkylation sites (tertiary alicyclic amines) is 1. The summed E-state index contributed by atoms with van der Waals surface area (Å²) in [5.74, 6) is -1.20. The molecule has 0 aromatic rings. The summed E-state index contributed by atoms with van der Waals surface area (Å²) in [5.41, 5.74) is 7.17. The number of carboxylic acids is 1. The van der Waals surface area contributed by atoms with Gasteiger partial charge < -0.3 is 25.7 Å². The average molecular weight is 436 g/mol. The molecule has 0 aromatic carbocycles. The number of nitrogens with two attached hydrogens (primary N) is 1. The zero-order valence-corrected chi connectivity index (χ0v) is 18.6. The molecule has 4 rings (SSSR count). The van der Waals surface area contributed by atoms with Crippen molar-refractivity contribution in [1.29, 1.82) is 0 Å². The number of fused-ring (bicyclic) bond motifs is 1. The van der Waals surface area contributed by atoms with Gasteiger partial charge >= 0.3 is 5.97 Å². The Labute approximate surface area is 182 Å². The van der Waals surface area contributed by atoms with E-state index in [0.717, 1.165) is 55.9 Å². The first-order chi connectivity index (χ1) is 14.3. The summed E-state index contributed by atoms with van der Waals surface area (Å²) < 4.78 is 0. The third-order valence-electron chi connectivity index (χ3n) is 7.16. The Morgan fingerprint density at radius 1 is 1.33 bits per heavy atom. The monoisotopic (exact) mass is 435 g/mol. The number of hydrogen-bond donors (Lipinski definition) is 3. The van der Waals surface area contributed by atoms with E-state index in [1.807, 2.05) is 6.92 Å². The predicted molar refractivity (Wildman–Crippen MR) is 116 cm³/mol. The minimum absolute atomic E-state index is 0.0477. The maximum absolute atomic E-state index is 12.5. The zero-order chi connectivity index (χ0) is 21.6. The van der Waals surface area contributed by atoms with E-state index in [1.165, 1.54) is 11.3 Å². The molecular formula is C22H33N3O4S. The summed E-state index contributed by atoms with van der Waals surface area (Å²) in [5, 5.41) is 20.1. The van der Waals surface area contributed by atoms with Crippen molar-refractivity contribution in [1.82, 2.24) is 9.80 Å². The standard InChI is InChI=1S/C22H33N3O4S/c1-12-18-17(13(2)26)21(27)25(18)19(22(28)29)20(12)30-16-6-8-24(9-7-16)11-14-4-3-5-15(23)10-14/h5,12-14,16-18,26H,3-4,6-11,23H2,1-2H3,(H,28,29)/t12-,13-,14?,17-,18-/m1/s1. The van der Waals surface area contributed by atoms with Crippen LogP contribution in [0.1, 0.15) is 46.0 Å². The molecule has 3 aliphatic heterocycles. The topological polar surface area (TPSA) is 107 Å². The van der Waals surface area contributed by atoms with E-state index in [1.54, 1.807) is 18.7 Å². The maximum atomic E-state index is 12.5. The van der Waals surface area contributed by atoms with E-state index in [0.29, 0.717) is 11.2 Å². The predicted octanol–water partition coefficient (Wildman–Crippen LogP) is 1.98. The van der Waals surface area contributed by atoms with Gasteiger partial charge in [-0.2, -0.15) is 0 Å². The van der Waals surface area contributed by atoms with Gasteiger partial charge in [0, 0.05) is 28.3 Å². The molecular weight excluding hydrogens is 402 g/mol. The number of allylic oxidation sites excluding steroid dienone is 2. The van der Waals surface area contributed by atoms with Crippen molar-refractivity contribution < 1.29 is 19.8 Å². The lowest BCUT2D eigenvalue weighted by Gasteiger charge is -2.46. The van der Waals surface area contributed by atoms with Crippen LogP contribution in [0.2, 0.25) is 0 Å². The number of β-lactam (4-membered cyclic amide) rings is 1. The first-order valence-electron chi connectivity index (χ1n) is 11.1. The molecule has 0 radical (unpaired) electrons. The molecule has 4 N–H and O–H groups in total. The molecule has 5 atom stereocenters. The molecule has 1 unspecified atom stereocenters. The third-order valence-corrected chi connectivity index (χ3v) is 8.79. The molecule has 166 valence electrons. The van der Waals surface area contributed by atoms with Crippen molar-refractivity contribution in [3.8, 4) is 0 Å². The van der Waals surface area contributed by atoms with Gasteiger partial charge in [-0.1, -0.05) is 13.0 Å². The van der Waals surface area contributed by atoms with Crippen LogP contribution >= 0.6 is 11.8 Å². The van der Waals surface area contributed by atoms with Crippen LogP contribution in [0.25, 0.3) is 0 Å². The highest BCUT2D eigenvalue weighted by molar-refractivity contribution is 8.03. The Morgan fingerprint density at radius 3 is 2.63 bits per heavy atom. The summed E-state index contributed by atoms with van der Waals surface area (Å²) in [6.07, 6.45) is 6.71. The zero-order valence-electron chi connectivity index (χ0n) is 17.8. The van der Waals surface area contributed by atoms with Crippen molar-refractivity contribution in [2.75, 3.05) is 19.6 Å². The normalized spacial score (nSPS) is 33.9. The van der Waals surface area contributed by atoms with Crippen LogP contribution in [-0.4, -0.2) is 68.9 Å². The molecule has 1 amide bonds. The number of piperidine rings is 1. The Bertz CT molecular complexity index is 772. The molecule has 0 spiro atoms. The van der Waals surface area contributed by atoms with Crippen molar-refractivity contribution in [3.63, 3.8) is 0 Å². The number of nitrogens with zero attached hydrogens (tertiary/aromatic N) is 2. The fourth-order valence-corrected chi connectivity index (χ4v) is 7.07. The number of rotatable bonds is 6. The number of thioether (sulfide) groups is 1. The van der Waals surface area contributed by atoms with E-state index in [-0.39, 0.29) is 23.6 Å². The Balaban J connectivity index is 1.37. The van der Waals surface area contributed by atoms with Gasteiger partial charge in [-0.3, -0.25) is 4.79 Å². The van der Waals surface area contributed by atoms with E-state index in [2.05, 4.69) is 11.0 Å². The summed E-state index contributed by atoms with van der Waals surface area (Å²) in [6.45, 7) is 6.73. The molecule has 8 heteroatoms. The van der Waals surface area contributed by atoms with Crippen LogP contribution in [0.3, 0.4) is 0 Å². The molecule has 0 saturated carbocycles. The third kappa shape index (κ3) is 3.89. The van der Waals surface area contributed by atoms with Crippen molar-refractivity contribution in [3.05, 3.63) is 22.4 Å². The van der Waals surface area contributed by atoms with Gasteiger partial charge in [0.1, 0.15) is 5.70 Å². The average Bonchev–Trinajstić information content (AvgIpc) is 2.92. The second-order valence-corrected chi connectivity index (χ2v) is 10.7. The van der Waals surface area contributed by atoms with Gasteiger partial charge in [0.15, 0.2) is 0 Å². The van der Waals surface area contributed by atoms with Gasteiger partial charge in [0.2, 0.25) is 5.91 Å². The summed E-state index contributed by atoms with van der Waals surface area (Å²) in [4.78, 5) is 29.2. The molecule has 30 heavy (non-hydrogen) atoms. The van der Waals surface area contributed by atoms with Gasteiger partial charge in [-0.05, 0) is 58.0 Å². The quantitative estimate of drug-likeness (QED) is 0.548. The van der Waals surface area contributed by atoms with E-state index < -0.39 is 18.0 Å². The Morgan fingerprint density at radius 2 is 2.03 bits per heavy atom. The highest BCUT2D eigenvalue weighted by atomic mass is 32.2. The molecule has 4 aliphatic rings. The Kier molecular flexibility index (Phi) is 6.19. The van der Waals surface area contributed by atoms with Crippen LogP contribution in [0, 0.1) is 17.8 Å². The van der Waals surface area contributed by atoms with Crippen molar-refractivity contribution in [2.45, 2.75) is 63.3 Å². The smallest absolute Gasteiger partial charge is 0.353 e. The van der Waals surface area contributed by atoms with Gasteiger partial charge in [0.05, 0.1) is 18.1 Å². The van der Waals surface area contributed by atoms with Gasteiger partial charge in [-0.25, -0.2) is 4.79 Å². The molecule has 3 heterocycles. The van der Waals surface area contributed by atoms with E-state index in [9.17, 15) is 19.8 Å². The minimum Gasteiger partial charge on any atom is -0.477 e. The number of hydrogen-bond acceptors (Lipinski definition) is 6. The van der Waals surface area contributed by atoms with Gasteiger partial charge in [0.25, 0.3) is 0 Å². The number of aliphatic carboxylic acids is 1. The lowest BCUT2D eigenvalue weighted by Crippen LogP contribution is -2.63. The number of carbonyl (C=O) groups excluding carboxylic acids is 1. The highest BCUT2D eigenvalue weighted by Gasteiger charge is 2.60. The maximum Gasteiger partial charge on any atom is 0.353 e. The number of carboxylic acid groups (broad SMARTS) is 1. The number of aliphatic hydroxyl groups excluding tert-OH is 1. The van der Waals surface area contributed by atoms with Crippen molar-refractivity contribution >= 4 is 23.6 Å². The second-order valence-electron chi connectivity index (χ2n) is 9.32. The first-order valence-corrected chi connectivity index (χ1v) is 12.0. The number of aliphatic hydroxyl groups is 1. The summed E-state index contributed by atoms with van der Waals surface area (Å²) in [7, 11) is 0. The fraction of sp³-hybridized carbons (Fsp3) is 0.727. The lowest BCUT2D eigenvalue weighted by atomic mass is 9.79. The molecule has 2 fully saturated rings. The molecule has 2 saturated heterocycles. The molecule has 0 aromatic heterocycles. The first kappa shape index (κ1) is 21.7. The summed E-state index contributed by atoms with van der Waals surface area (Å²) in [6, 6.07) is -0.226. The molecule has 1 aliphatic carbocycles. The van der Waals surface area contributed by atoms with Gasteiger partial charge in [-0.15, -0.1) is 11.8 Å². The number of amides is 1. The molecule has 0 bridgehead atoms. The number of carbonyl (C=O) groups is 2. The fourth-order valence-electron chi connectivity index (χ4n) is 5.61. The van der Waals surface area contributed by atoms with Crippen molar-refractivity contribution in [2.24, 2.45) is 23.5 Å². The van der Waals surface area contributed by atoms with Crippen LogP contribution < -0.4 is 5.73 Å². The van der Waals surface area contributed by atoms with Crippen LogP contribution in [0.4, 0.5) is 0 Å². The van der Waals surface area contributed by atoms with E-state index >= 15 is 0 Å². The van der Waals surface area contributed by atoms with Crippen LogP contribution in [0.15, 0.2) is 22.4 Å².